The van der Waals surface area contributed by atoms with Gasteiger partial charge in [-0.2, -0.15) is 0 Å². The predicted molar refractivity (Wildman–Crippen MR) is 81.6 cm³/mol. The zero-order valence-electron chi connectivity index (χ0n) is 12.3. The fourth-order valence-electron chi connectivity index (χ4n) is 2.53. The van der Waals surface area contributed by atoms with Gasteiger partial charge in [0.05, 0.1) is 0 Å². The number of amides is 2. The van der Waals surface area contributed by atoms with Crippen molar-refractivity contribution in [2.24, 2.45) is 0 Å². The number of hydrogen-bond acceptors (Lipinski definition) is 2. The molecule has 0 spiro atoms. The molecule has 2 amide bonds. The number of nitrogens with one attached hydrogen (secondary N) is 2. The number of rotatable bonds is 5. The molecule has 4 nitrogen and oxygen atoms in total. The Morgan fingerprint density at radius 2 is 2.15 bits per heavy atom. The standard InChI is InChI=1S/C16H25N3O/c1-19(12-10-15-9-5-6-11-17-15)16(20)18-13-14-7-3-2-4-8-14/h2-4,7-8,15,17H,5-6,9-13H2,1H3,(H,18,20). The van der Waals surface area contributed by atoms with Crippen molar-refractivity contribution in [3.8, 4) is 0 Å². The third kappa shape index (κ3) is 4.85. The van der Waals surface area contributed by atoms with Crippen molar-refractivity contribution in [3.63, 3.8) is 0 Å². The molecule has 1 aromatic carbocycles. The van der Waals surface area contributed by atoms with Crippen molar-refractivity contribution >= 4 is 6.03 Å². The maximum Gasteiger partial charge on any atom is 0.317 e. The van der Waals surface area contributed by atoms with E-state index in [0.717, 1.165) is 25.1 Å². The molecule has 1 unspecified atom stereocenters. The first-order chi connectivity index (χ1) is 9.75. The van der Waals surface area contributed by atoms with E-state index in [2.05, 4.69) is 10.6 Å². The second-order valence-electron chi connectivity index (χ2n) is 5.50. The Morgan fingerprint density at radius 3 is 2.85 bits per heavy atom. The largest absolute Gasteiger partial charge is 0.334 e. The van der Waals surface area contributed by atoms with Crippen LogP contribution in [-0.2, 0) is 6.54 Å². The molecule has 0 bridgehead atoms. The lowest BCUT2D eigenvalue weighted by Crippen LogP contribution is -2.41. The Hall–Kier alpha value is -1.55. The molecule has 1 atom stereocenters. The highest BCUT2D eigenvalue weighted by atomic mass is 16.2. The van der Waals surface area contributed by atoms with Gasteiger partial charge >= 0.3 is 6.03 Å². The molecule has 2 rings (SSSR count). The Morgan fingerprint density at radius 1 is 1.35 bits per heavy atom. The van der Waals surface area contributed by atoms with Crippen LogP contribution >= 0.6 is 0 Å². The number of nitrogens with zero attached hydrogens (tertiary/aromatic N) is 1. The highest BCUT2D eigenvalue weighted by molar-refractivity contribution is 5.73. The molecule has 110 valence electrons. The maximum atomic E-state index is 12.0. The summed E-state index contributed by atoms with van der Waals surface area (Å²) in [6, 6.07) is 10.6. The molecule has 2 N–H and O–H groups in total. The third-order valence-electron chi connectivity index (χ3n) is 3.86. The molecule has 1 aromatic rings. The van der Waals surface area contributed by atoms with Gasteiger partial charge in [0.1, 0.15) is 0 Å². The summed E-state index contributed by atoms with van der Waals surface area (Å²) < 4.78 is 0. The van der Waals surface area contributed by atoms with Crippen molar-refractivity contribution in [1.29, 1.82) is 0 Å². The molecule has 1 aliphatic heterocycles. The quantitative estimate of drug-likeness (QED) is 0.866. The molecule has 4 heteroatoms. The van der Waals surface area contributed by atoms with Gasteiger partial charge in [-0.05, 0) is 31.4 Å². The fourth-order valence-corrected chi connectivity index (χ4v) is 2.53. The van der Waals surface area contributed by atoms with Gasteiger partial charge in [-0.25, -0.2) is 4.79 Å². The van der Waals surface area contributed by atoms with Crippen LogP contribution in [0.1, 0.15) is 31.2 Å². The number of carbonyl (C=O) groups excluding carboxylic acids is 1. The van der Waals surface area contributed by atoms with Crippen LogP contribution in [0, 0.1) is 0 Å². The summed E-state index contributed by atoms with van der Waals surface area (Å²) in [5, 5.41) is 6.47. The van der Waals surface area contributed by atoms with Gasteiger partial charge < -0.3 is 15.5 Å². The SMILES string of the molecule is CN(CCC1CCCCN1)C(=O)NCc1ccccc1. The predicted octanol–water partition coefficient (Wildman–Crippen LogP) is 2.36. The Kier molecular flexibility index (Phi) is 5.87. The van der Waals surface area contributed by atoms with Crippen LogP contribution in [0.4, 0.5) is 4.79 Å². The van der Waals surface area contributed by atoms with Gasteiger partial charge in [0, 0.05) is 26.2 Å². The molecule has 1 saturated heterocycles. The van der Waals surface area contributed by atoms with Crippen molar-refractivity contribution in [2.45, 2.75) is 38.3 Å². The third-order valence-corrected chi connectivity index (χ3v) is 3.86. The van der Waals surface area contributed by atoms with E-state index in [9.17, 15) is 4.79 Å². The minimum Gasteiger partial charge on any atom is -0.334 e. The van der Waals surface area contributed by atoms with Gasteiger partial charge in [0.15, 0.2) is 0 Å². The summed E-state index contributed by atoms with van der Waals surface area (Å²) in [6.07, 6.45) is 4.86. The van der Waals surface area contributed by atoms with E-state index in [-0.39, 0.29) is 6.03 Å². The van der Waals surface area contributed by atoms with E-state index in [1.54, 1.807) is 4.90 Å². The van der Waals surface area contributed by atoms with E-state index in [1.807, 2.05) is 37.4 Å². The van der Waals surface area contributed by atoms with Crippen molar-refractivity contribution in [1.82, 2.24) is 15.5 Å². The van der Waals surface area contributed by atoms with Crippen LogP contribution in [0.15, 0.2) is 30.3 Å². The van der Waals surface area contributed by atoms with Crippen molar-refractivity contribution in [2.75, 3.05) is 20.1 Å². The van der Waals surface area contributed by atoms with Gasteiger partial charge in [0.25, 0.3) is 0 Å². The van der Waals surface area contributed by atoms with E-state index >= 15 is 0 Å². The zero-order chi connectivity index (χ0) is 14.2. The lowest BCUT2D eigenvalue weighted by Gasteiger charge is -2.26. The van der Waals surface area contributed by atoms with E-state index in [4.69, 9.17) is 0 Å². The van der Waals surface area contributed by atoms with Crippen molar-refractivity contribution in [3.05, 3.63) is 35.9 Å². The monoisotopic (exact) mass is 275 g/mol. The summed E-state index contributed by atoms with van der Waals surface area (Å²) in [5.74, 6) is 0. The molecular formula is C16H25N3O. The summed E-state index contributed by atoms with van der Waals surface area (Å²) >= 11 is 0. The van der Waals surface area contributed by atoms with Crippen LogP contribution < -0.4 is 10.6 Å². The normalized spacial score (nSPS) is 18.6. The van der Waals surface area contributed by atoms with E-state index in [1.165, 1.54) is 19.3 Å². The summed E-state index contributed by atoms with van der Waals surface area (Å²) in [4.78, 5) is 13.8. The Bertz CT molecular complexity index is 401. The molecule has 1 heterocycles. The minimum absolute atomic E-state index is 0.00432. The number of carbonyl (C=O) groups is 1. The highest BCUT2D eigenvalue weighted by Crippen LogP contribution is 2.10. The number of piperidine rings is 1. The first kappa shape index (κ1) is 14.9. The van der Waals surface area contributed by atoms with E-state index < -0.39 is 0 Å². The number of hydrogen-bond donors (Lipinski definition) is 2. The Labute approximate surface area is 121 Å². The summed E-state index contributed by atoms with van der Waals surface area (Å²) in [6.45, 7) is 2.51. The van der Waals surface area contributed by atoms with Gasteiger partial charge in [0.2, 0.25) is 0 Å². The maximum absolute atomic E-state index is 12.0. The van der Waals surface area contributed by atoms with Crippen LogP contribution in [0.2, 0.25) is 0 Å². The fraction of sp³-hybridized carbons (Fsp3) is 0.562. The van der Waals surface area contributed by atoms with Crippen molar-refractivity contribution < 1.29 is 4.79 Å². The van der Waals surface area contributed by atoms with Crippen LogP contribution in [-0.4, -0.2) is 37.1 Å². The van der Waals surface area contributed by atoms with E-state index in [0.29, 0.717) is 12.6 Å². The van der Waals surface area contributed by atoms with Crippen LogP contribution in [0.5, 0.6) is 0 Å². The summed E-state index contributed by atoms with van der Waals surface area (Å²) in [7, 11) is 1.86. The second kappa shape index (κ2) is 7.90. The molecule has 1 fully saturated rings. The lowest BCUT2D eigenvalue weighted by atomic mass is 10.0. The molecule has 0 aromatic heterocycles. The lowest BCUT2D eigenvalue weighted by molar-refractivity contribution is 0.204. The van der Waals surface area contributed by atoms with Crippen LogP contribution in [0.25, 0.3) is 0 Å². The van der Waals surface area contributed by atoms with Crippen LogP contribution in [0.3, 0.4) is 0 Å². The highest BCUT2D eigenvalue weighted by Gasteiger charge is 2.14. The topological polar surface area (TPSA) is 44.4 Å². The van der Waals surface area contributed by atoms with Gasteiger partial charge in [-0.15, -0.1) is 0 Å². The van der Waals surface area contributed by atoms with Gasteiger partial charge in [-0.3, -0.25) is 0 Å². The average Bonchev–Trinajstić information content (AvgIpc) is 2.52. The smallest absolute Gasteiger partial charge is 0.317 e. The molecule has 0 radical (unpaired) electrons. The molecule has 0 saturated carbocycles. The first-order valence-corrected chi connectivity index (χ1v) is 7.52. The molecule has 20 heavy (non-hydrogen) atoms. The number of urea groups is 1. The van der Waals surface area contributed by atoms with Gasteiger partial charge in [-0.1, -0.05) is 36.8 Å². The second-order valence-corrected chi connectivity index (χ2v) is 5.50. The summed E-state index contributed by atoms with van der Waals surface area (Å²) in [5.41, 5.74) is 1.13. The Balaban J connectivity index is 1.66. The average molecular weight is 275 g/mol. The first-order valence-electron chi connectivity index (χ1n) is 7.52. The minimum atomic E-state index is 0.00432. The zero-order valence-corrected chi connectivity index (χ0v) is 12.3. The number of benzene rings is 1. The molecule has 0 aliphatic carbocycles. The molecule has 1 aliphatic rings. The molecular weight excluding hydrogens is 250 g/mol.